The number of carbonyl (C=O) groups excluding carboxylic acids is 1. The molecule has 0 saturated carbocycles. The number of nitrogens with two attached hydrogens (primary N) is 1. The summed E-state index contributed by atoms with van der Waals surface area (Å²) in [5.74, 6) is 1.85. The van der Waals surface area contributed by atoms with Crippen molar-refractivity contribution in [3.05, 3.63) is 73.1 Å². The van der Waals surface area contributed by atoms with Crippen LogP contribution in [0.4, 0.5) is 5.82 Å². The van der Waals surface area contributed by atoms with Crippen molar-refractivity contribution in [2.75, 3.05) is 45.6 Å². The molecule has 1 fully saturated rings. The Morgan fingerprint density at radius 1 is 1.13 bits per heavy atom. The van der Waals surface area contributed by atoms with Crippen LogP contribution in [0.15, 0.2) is 73.1 Å². The number of hydrogen-bond acceptors (Lipinski definition) is 8. The van der Waals surface area contributed by atoms with Crippen LogP contribution in [0.25, 0.3) is 22.3 Å². The minimum absolute atomic E-state index is 0.0131. The number of nitrogen functional groups attached to an aromatic ring is 1. The van der Waals surface area contributed by atoms with Gasteiger partial charge in [0.25, 0.3) is 0 Å². The number of hydrogen-bond donors (Lipinski definition) is 2. The van der Waals surface area contributed by atoms with E-state index in [1.807, 2.05) is 70.3 Å². The minimum Gasteiger partial charge on any atom is -0.457 e. The molecule has 0 bridgehead atoms. The minimum atomic E-state index is -0.0154. The smallest absolute Gasteiger partial charge is 0.246 e. The number of benzene rings is 2. The Kier molecular flexibility index (Phi) is 7.91. The fourth-order valence-corrected chi connectivity index (χ4v) is 4.52. The first-order chi connectivity index (χ1) is 18.6. The van der Waals surface area contributed by atoms with Gasteiger partial charge < -0.3 is 25.4 Å². The first-order valence-corrected chi connectivity index (χ1v) is 12.6. The maximum Gasteiger partial charge on any atom is 0.246 e. The van der Waals surface area contributed by atoms with Gasteiger partial charge in [-0.15, -0.1) is 0 Å². The second-order valence-corrected chi connectivity index (χ2v) is 9.02. The number of nitrogens with zero attached hydrogens (tertiary/aromatic N) is 5. The summed E-state index contributed by atoms with van der Waals surface area (Å²) >= 11 is 0. The molecule has 3 heterocycles. The Labute approximate surface area is 221 Å². The standard InChI is InChI=1S/C28H31N7O3/c1-37-17-15-30-14-5-8-24(36)34-16-13-21(18-34)35-28-25(27(29)31-19-32-28)26(33-35)20-9-11-23(12-10-20)38-22-6-3-2-4-7-22/h2-12,19,21,30H,13-18H2,1H3,(H2,29,31,32)/b8-5+/t21-/m1/s1. The molecule has 10 nitrogen and oxygen atoms in total. The van der Waals surface area contributed by atoms with Gasteiger partial charge in [0.1, 0.15) is 29.3 Å². The number of rotatable bonds is 10. The molecule has 38 heavy (non-hydrogen) atoms. The van der Waals surface area contributed by atoms with Gasteiger partial charge in [0.05, 0.1) is 18.0 Å². The van der Waals surface area contributed by atoms with Gasteiger partial charge in [-0.1, -0.05) is 24.3 Å². The van der Waals surface area contributed by atoms with Crippen LogP contribution in [-0.4, -0.2) is 70.5 Å². The van der Waals surface area contributed by atoms with Crippen molar-refractivity contribution < 1.29 is 14.3 Å². The third-order valence-electron chi connectivity index (χ3n) is 6.45. The molecule has 5 rings (SSSR count). The molecular weight excluding hydrogens is 482 g/mol. The third kappa shape index (κ3) is 5.66. The van der Waals surface area contributed by atoms with E-state index in [1.165, 1.54) is 6.33 Å². The molecule has 196 valence electrons. The number of likely N-dealkylation sites (tertiary alicyclic amines) is 1. The summed E-state index contributed by atoms with van der Waals surface area (Å²) < 4.78 is 12.8. The summed E-state index contributed by atoms with van der Waals surface area (Å²) in [6.07, 6.45) is 5.68. The molecular formula is C28H31N7O3. The van der Waals surface area contributed by atoms with Crippen molar-refractivity contribution in [2.45, 2.75) is 12.5 Å². The summed E-state index contributed by atoms with van der Waals surface area (Å²) in [6, 6.07) is 17.3. The van der Waals surface area contributed by atoms with Crippen LogP contribution in [0, 0.1) is 0 Å². The first-order valence-electron chi connectivity index (χ1n) is 12.6. The van der Waals surface area contributed by atoms with Crippen molar-refractivity contribution in [3.63, 3.8) is 0 Å². The first kappa shape index (κ1) is 25.4. The molecule has 1 aliphatic heterocycles. The molecule has 0 unspecified atom stereocenters. The van der Waals surface area contributed by atoms with Crippen molar-refractivity contribution in [1.82, 2.24) is 30.0 Å². The lowest BCUT2D eigenvalue weighted by Crippen LogP contribution is -2.28. The van der Waals surface area contributed by atoms with E-state index in [2.05, 4.69) is 15.3 Å². The SMILES string of the molecule is COCCNC/C=C/C(=O)N1CC[C@@H](n2nc(-c3ccc(Oc4ccccc4)cc3)c3c(N)ncnc32)C1. The van der Waals surface area contributed by atoms with Crippen LogP contribution in [0.2, 0.25) is 0 Å². The molecule has 1 aliphatic rings. The zero-order chi connectivity index (χ0) is 26.3. The quantitative estimate of drug-likeness (QED) is 0.244. The van der Waals surface area contributed by atoms with Crippen LogP contribution >= 0.6 is 0 Å². The average Bonchev–Trinajstić information content (AvgIpc) is 3.58. The van der Waals surface area contributed by atoms with Crippen LogP contribution in [-0.2, 0) is 9.53 Å². The lowest BCUT2D eigenvalue weighted by Gasteiger charge is -2.15. The fraction of sp³-hybridized carbons (Fsp3) is 0.286. The molecule has 0 radical (unpaired) electrons. The molecule has 3 N–H and O–H groups in total. The summed E-state index contributed by atoms with van der Waals surface area (Å²) in [7, 11) is 1.66. The maximum atomic E-state index is 12.7. The lowest BCUT2D eigenvalue weighted by molar-refractivity contribution is -0.125. The van der Waals surface area contributed by atoms with Gasteiger partial charge in [0, 0.05) is 44.9 Å². The second-order valence-electron chi connectivity index (χ2n) is 9.02. The summed E-state index contributed by atoms with van der Waals surface area (Å²) in [4.78, 5) is 23.3. The summed E-state index contributed by atoms with van der Waals surface area (Å²) in [5, 5.41) is 8.83. The zero-order valence-electron chi connectivity index (χ0n) is 21.3. The monoisotopic (exact) mass is 513 g/mol. The van der Waals surface area contributed by atoms with Gasteiger partial charge >= 0.3 is 0 Å². The summed E-state index contributed by atoms with van der Waals surface area (Å²) in [6.45, 7) is 3.18. The Morgan fingerprint density at radius 3 is 2.71 bits per heavy atom. The van der Waals surface area contributed by atoms with Crippen molar-refractivity contribution >= 4 is 22.8 Å². The average molecular weight is 514 g/mol. The highest BCUT2D eigenvalue weighted by molar-refractivity contribution is 5.98. The van der Waals surface area contributed by atoms with Gasteiger partial charge in [-0.3, -0.25) is 4.79 Å². The molecule has 4 aromatic rings. The van der Waals surface area contributed by atoms with Crippen LogP contribution < -0.4 is 15.8 Å². The second kappa shape index (κ2) is 11.8. The van der Waals surface area contributed by atoms with Gasteiger partial charge in [0.15, 0.2) is 5.65 Å². The van der Waals surface area contributed by atoms with E-state index in [0.29, 0.717) is 48.8 Å². The zero-order valence-corrected chi connectivity index (χ0v) is 21.3. The van der Waals surface area contributed by atoms with E-state index in [4.69, 9.17) is 20.3 Å². The highest BCUT2D eigenvalue weighted by Crippen LogP contribution is 2.35. The van der Waals surface area contributed by atoms with Gasteiger partial charge in [-0.2, -0.15) is 5.10 Å². The Morgan fingerprint density at radius 2 is 1.92 bits per heavy atom. The van der Waals surface area contributed by atoms with Gasteiger partial charge in [0.2, 0.25) is 5.91 Å². The number of fused-ring (bicyclic) bond motifs is 1. The highest BCUT2D eigenvalue weighted by atomic mass is 16.5. The van der Waals surface area contributed by atoms with E-state index in [1.54, 1.807) is 13.2 Å². The van der Waals surface area contributed by atoms with E-state index in [-0.39, 0.29) is 11.9 Å². The number of ether oxygens (including phenoxy) is 2. The van der Waals surface area contributed by atoms with E-state index in [9.17, 15) is 4.79 Å². The normalized spacial score (nSPS) is 15.5. The molecule has 2 aromatic carbocycles. The molecule has 2 aromatic heterocycles. The Hall–Kier alpha value is -4.28. The van der Waals surface area contributed by atoms with Gasteiger partial charge in [-0.25, -0.2) is 14.6 Å². The summed E-state index contributed by atoms with van der Waals surface area (Å²) in [5.41, 5.74) is 8.54. The van der Waals surface area contributed by atoms with Crippen molar-refractivity contribution in [1.29, 1.82) is 0 Å². The third-order valence-corrected chi connectivity index (χ3v) is 6.45. The molecule has 1 amide bonds. The maximum absolute atomic E-state index is 12.7. The van der Waals surface area contributed by atoms with E-state index in [0.717, 1.165) is 30.0 Å². The number of methoxy groups -OCH3 is 1. The Bertz CT molecular complexity index is 1400. The largest absolute Gasteiger partial charge is 0.457 e. The molecule has 0 spiro atoms. The number of para-hydroxylation sites is 1. The number of aromatic nitrogens is 4. The van der Waals surface area contributed by atoms with E-state index >= 15 is 0 Å². The molecule has 10 heteroatoms. The molecule has 0 aliphatic carbocycles. The molecule has 1 saturated heterocycles. The highest BCUT2D eigenvalue weighted by Gasteiger charge is 2.30. The van der Waals surface area contributed by atoms with Gasteiger partial charge in [-0.05, 0) is 42.8 Å². The van der Waals surface area contributed by atoms with Crippen molar-refractivity contribution in [2.24, 2.45) is 0 Å². The predicted octanol–water partition coefficient (Wildman–Crippen LogP) is 3.43. The van der Waals surface area contributed by atoms with E-state index < -0.39 is 0 Å². The number of carbonyl (C=O) groups is 1. The Balaban J connectivity index is 1.33. The topological polar surface area (TPSA) is 120 Å². The van der Waals surface area contributed by atoms with Crippen LogP contribution in [0.5, 0.6) is 11.5 Å². The van der Waals surface area contributed by atoms with Crippen LogP contribution in [0.1, 0.15) is 12.5 Å². The number of nitrogens with one attached hydrogen (secondary N) is 1. The van der Waals surface area contributed by atoms with Crippen molar-refractivity contribution in [3.8, 4) is 22.8 Å². The lowest BCUT2D eigenvalue weighted by atomic mass is 10.1. The number of anilines is 1. The fourth-order valence-electron chi connectivity index (χ4n) is 4.52. The number of amides is 1. The molecule has 1 atom stereocenters. The predicted molar refractivity (Wildman–Crippen MR) is 146 cm³/mol. The van der Waals surface area contributed by atoms with Crippen LogP contribution in [0.3, 0.4) is 0 Å².